The lowest BCUT2D eigenvalue weighted by molar-refractivity contribution is -0.348. The number of hydrogen-bond donors (Lipinski definition) is 1. The Morgan fingerprint density at radius 2 is 1.64 bits per heavy atom. The smallest absolute Gasteiger partial charge is 0.356 e. The number of aryl methyl sites for hydroxylation is 1. The minimum absolute atomic E-state index is 0.0339. The number of amides is 2. The lowest BCUT2D eigenvalue weighted by Gasteiger charge is -2.40. The third-order valence-electron chi connectivity index (χ3n) is 8.94. The van der Waals surface area contributed by atoms with Crippen LogP contribution in [0.15, 0.2) is 18.2 Å². The van der Waals surface area contributed by atoms with Crippen molar-refractivity contribution in [2.75, 3.05) is 19.6 Å². The molecule has 11 heteroatoms. The quantitative estimate of drug-likeness (QED) is 0.548. The van der Waals surface area contributed by atoms with Crippen molar-refractivity contribution in [3.8, 4) is 0 Å². The number of nitrogens with zero attached hydrogens (tertiary/aromatic N) is 1. The second-order valence-electron chi connectivity index (χ2n) is 10.8. The number of alkyl halides is 7. The zero-order chi connectivity index (χ0) is 26.1. The first-order chi connectivity index (χ1) is 16.8. The van der Waals surface area contributed by atoms with Crippen LogP contribution < -0.4 is 5.32 Å². The van der Waals surface area contributed by atoms with Crippen molar-refractivity contribution in [3.05, 3.63) is 34.9 Å². The SMILES string of the molecule is O=C1CC2(CCN(C(=O)[C@@H]3CCC4c5ccc(C(F)(C(F)(F)F)C(F)(F)F)cc5CCC43)CC2)CN1. The maximum Gasteiger partial charge on any atom is 0.435 e. The summed E-state index contributed by atoms with van der Waals surface area (Å²) >= 11 is 0. The van der Waals surface area contributed by atoms with E-state index in [9.17, 15) is 40.3 Å². The van der Waals surface area contributed by atoms with Gasteiger partial charge in [0.1, 0.15) is 0 Å². The normalized spacial score (nSPS) is 28.1. The molecule has 4 aliphatic rings. The molecule has 0 bridgehead atoms. The molecule has 1 aromatic rings. The van der Waals surface area contributed by atoms with Crippen LogP contribution in [0, 0.1) is 17.3 Å². The van der Waals surface area contributed by atoms with Gasteiger partial charge in [0, 0.05) is 37.5 Å². The summed E-state index contributed by atoms with van der Waals surface area (Å²) in [7, 11) is 0. The van der Waals surface area contributed by atoms with Crippen molar-refractivity contribution in [3.63, 3.8) is 0 Å². The summed E-state index contributed by atoms with van der Waals surface area (Å²) in [5, 5.41) is 2.86. The lowest BCUT2D eigenvalue weighted by Crippen LogP contribution is -2.50. The van der Waals surface area contributed by atoms with Gasteiger partial charge < -0.3 is 10.2 Å². The van der Waals surface area contributed by atoms with Gasteiger partial charge in [-0.2, -0.15) is 26.3 Å². The molecular formula is C25H27F7N2O2. The Bertz CT molecular complexity index is 1050. The van der Waals surface area contributed by atoms with Crippen LogP contribution in [0.3, 0.4) is 0 Å². The van der Waals surface area contributed by atoms with Crippen molar-refractivity contribution in [2.45, 2.75) is 68.9 Å². The molecule has 2 aliphatic heterocycles. The predicted octanol–water partition coefficient (Wildman–Crippen LogP) is 5.16. The van der Waals surface area contributed by atoms with E-state index in [-0.39, 0.29) is 47.0 Å². The molecule has 4 nitrogen and oxygen atoms in total. The molecule has 3 atom stereocenters. The molecule has 0 aromatic heterocycles. The second kappa shape index (κ2) is 8.34. The highest BCUT2D eigenvalue weighted by molar-refractivity contribution is 5.81. The molecule has 2 unspecified atom stereocenters. The molecule has 1 N–H and O–H groups in total. The molecule has 198 valence electrons. The Kier molecular flexibility index (Phi) is 5.87. The number of piperidine rings is 1. The van der Waals surface area contributed by atoms with Gasteiger partial charge in [-0.25, -0.2) is 4.39 Å². The van der Waals surface area contributed by atoms with Crippen LogP contribution in [0.1, 0.15) is 61.1 Å². The Balaban J connectivity index is 1.32. The number of carbonyl (C=O) groups is 2. The average Bonchev–Trinajstić information content (AvgIpc) is 3.40. The van der Waals surface area contributed by atoms with Gasteiger partial charge in [0.15, 0.2) is 0 Å². The molecule has 36 heavy (non-hydrogen) atoms. The Morgan fingerprint density at radius 1 is 0.972 bits per heavy atom. The molecule has 1 saturated carbocycles. The molecule has 1 aromatic carbocycles. The van der Waals surface area contributed by atoms with Crippen LogP contribution in [0.2, 0.25) is 0 Å². The summed E-state index contributed by atoms with van der Waals surface area (Å²) in [6, 6.07) is 2.50. The van der Waals surface area contributed by atoms with E-state index in [2.05, 4.69) is 5.32 Å². The molecule has 2 saturated heterocycles. The highest BCUT2D eigenvalue weighted by atomic mass is 19.4. The van der Waals surface area contributed by atoms with Crippen LogP contribution in [-0.2, 0) is 21.7 Å². The molecule has 2 amide bonds. The summed E-state index contributed by atoms with van der Waals surface area (Å²) in [4.78, 5) is 26.9. The van der Waals surface area contributed by atoms with Gasteiger partial charge in [-0.05, 0) is 66.9 Å². The van der Waals surface area contributed by atoms with Crippen molar-refractivity contribution >= 4 is 11.8 Å². The number of nitrogens with one attached hydrogen (secondary N) is 1. The number of carbonyl (C=O) groups excluding carboxylic acids is 2. The minimum Gasteiger partial charge on any atom is -0.356 e. The van der Waals surface area contributed by atoms with E-state index in [1.54, 1.807) is 0 Å². The van der Waals surface area contributed by atoms with Gasteiger partial charge in [-0.3, -0.25) is 9.59 Å². The highest BCUT2D eigenvalue weighted by Gasteiger charge is 2.73. The predicted molar refractivity (Wildman–Crippen MR) is 114 cm³/mol. The van der Waals surface area contributed by atoms with Gasteiger partial charge in [0.05, 0.1) is 0 Å². The average molecular weight is 520 g/mol. The molecule has 5 rings (SSSR count). The Labute approximate surface area is 203 Å². The number of rotatable bonds is 2. The van der Waals surface area contributed by atoms with Gasteiger partial charge in [-0.15, -0.1) is 0 Å². The van der Waals surface area contributed by atoms with E-state index in [4.69, 9.17) is 0 Å². The third-order valence-corrected chi connectivity index (χ3v) is 8.94. The Morgan fingerprint density at radius 3 is 2.22 bits per heavy atom. The topological polar surface area (TPSA) is 49.4 Å². The van der Waals surface area contributed by atoms with Crippen LogP contribution in [0.4, 0.5) is 30.7 Å². The van der Waals surface area contributed by atoms with Crippen LogP contribution in [0.5, 0.6) is 0 Å². The van der Waals surface area contributed by atoms with Crippen LogP contribution in [-0.4, -0.2) is 48.7 Å². The van der Waals surface area contributed by atoms with Crippen molar-refractivity contribution < 1.29 is 40.3 Å². The zero-order valence-electron chi connectivity index (χ0n) is 19.4. The monoisotopic (exact) mass is 520 g/mol. The van der Waals surface area contributed by atoms with E-state index < -0.39 is 23.6 Å². The number of benzene rings is 1. The van der Waals surface area contributed by atoms with E-state index in [0.717, 1.165) is 12.8 Å². The summed E-state index contributed by atoms with van der Waals surface area (Å²) < 4.78 is 93.8. The van der Waals surface area contributed by atoms with Crippen LogP contribution in [0.25, 0.3) is 0 Å². The minimum atomic E-state index is -6.14. The number of fused-ring (bicyclic) bond motifs is 3. The van der Waals surface area contributed by atoms with E-state index in [1.165, 1.54) is 6.07 Å². The van der Waals surface area contributed by atoms with E-state index >= 15 is 0 Å². The molecule has 2 heterocycles. The molecule has 0 radical (unpaired) electrons. The third kappa shape index (κ3) is 3.88. The van der Waals surface area contributed by atoms with Crippen molar-refractivity contribution in [1.29, 1.82) is 0 Å². The number of likely N-dealkylation sites (tertiary alicyclic amines) is 1. The number of hydrogen-bond acceptors (Lipinski definition) is 2. The summed E-state index contributed by atoms with van der Waals surface area (Å²) in [5.41, 5.74) is -6.08. The largest absolute Gasteiger partial charge is 0.435 e. The first-order valence-corrected chi connectivity index (χ1v) is 12.3. The van der Waals surface area contributed by atoms with Gasteiger partial charge in [-0.1, -0.05) is 18.2 Å². The molecular weight excluding hydrogens is 493 g/mol. The van der Waals surface area contributed by atoms with Gasteiger partial charge in [0.2, 0.25) is 11.8 Å². The number of halogens is 7. The second-order valence-corrected chi connectivity index (χ2v) is 10.8. The van der Waals surface area contributed by atoms with Gasteiger partial charge >= 0.3 is 18.0 Å². The van der Waals surface area contributed by atoms with Gasteiger partial charge in [0.25, 0.3) is 0 Å². The maximum atomic E-state index is 14.6. The fraction of sp³-hybridized carbons (Fsp3) is 0.680. The summed E-state index contributed by atoms with van der Waals surface area (Å²) in [5.74, 6) is -0.400. The maximum absolute atomic E-state index is 14.6. The van der Waals surface area contributed by atoms with Crippen molar-refractivity contribution in [2.24, 2.45) is 17.3 Å². The lowest BCUT2D eigenvalue weighted by atomic mass is 9.72. The highest BCUT2D eigenvalue weighted by Crippen LogP contribution is 2.55. The fourth-order valence-corrected chi connectivity index (χ4v) is 6.91. The summed E-state index contributed by atoms with van der Waals surface area (Å²) in [6.07, 6.45) is -8.49. The first kappa shape index (κ1) is 25.3. The fourth-order valence-electron chi connectivity index (χ4n) is 6.91. The van der Waals surface area contributed by atoms with Crippen LogP contribution >= 0.6 is 0 Å². The zero-order valence-corrected chi connectivity index (χ0v) is 19.4. The summed E-state index contributed by atoms with van der Waals surface area (Å²) in [6.45, 7) is 1.76. The molecule has 2 aliphatic carbocycles. The molecule has 1 spiro atoms. The van der Waals surface area contributed by atoms with Crippen molar-refractivity contribution in [1.82, 2.24) is 10.2 Å². The molecule has 3 fully saturated rings. The standard InChI is InChI=1S/C25H27F7N2O2/c26-23(24(27,28)29,25(30,31)32)15-2-4-16-14(11-15)1-3-18-17(16)5-6-19(18)21(36)34-9-7-22(8-10-34)12-20(35)33-13-22/h2,4,11,17-19H,1,3,5-10,12-13H2,(H,33,35)/t17?,18?,19-/m1/s1. The Hall–Kier alpha value is -2.33. The van der Waals surface area contributed by atoms with E-state index in [0.29, 0.717) is 63.0 Å². The first-order valence-electron chi connectivity index (χ1n) is 12.3. The van der Waals surface area contributed by atoms with E-state index in [1.807, 2.05) is 4.90 Å².